The van der Waals surface area contributed by atoms with E-state index in [4.69, 9.17) is 4.74 Å². The molecular formula is C16H19IN2O. The van der Waals surface area contributed by atoms with Gasteiger partial charge in [-0.15, -0.1) is 0 Å². The lowest BCUT2D eigenvalue weighted by molar-refractivity contribution is 0.315. The summed E-state index contributed by atoms with van der Waals surface area (Å²) in [6, 6.07) is 10.7. The third kappa shape index (κ3) is 3.93. The SMILES string of the molecule is CCCOc1cncc(C(NC)c2ccc(I)cc2)c1. The molecule has 2 rings (SSSR count). The number of benzene rings is 1. The van der Waals surface area contributed by atoms with Crippen molar-refractivity contribution in [2.45, 2.75) is 19.4 Å². The zero-order valence-corrected chi connectivity index (χ0v) is 13.9. The molecule has 1 N–H and O–H groups in total. The molecule has 0 aliphatic rings. The van der Waals surface area contributed by atoms with E-state index in [1.807, 2.05) is 13.2 Å². The molecule has 0 spiro atoms. The fraction of sp³-hybridized carbons (Fsp3) is 0.312. The van der Waals surface area contributed by atoms with Gasteiger partial charge in [0.15, 0.2) is 0 Å². The maximum absolute atomic E-state index is 5.65. The van der Waals surface area contributed by atoms with Crippen molar-refractivity contribution in [2.75, 3.05) is 13.7 Å². The third-order valence-electron chi connectivity index (χ3n) is 3.03. The largest absolute Gasteiger partial charge is 0.492 e. The van der Waals surface area contributed by atoms with Crippen molar-refractivity contribution in [3.8, 4) is 5.75 Å². The Bertz CT molecular complexity index is 542. The van der Waals surface area contributed by atoms with E-state index >= 15 is 0 Å². The molecule has 1 aromatic heterocycles. The number of nitrogens with one attached hydrogen (secondary N) is 1. The first-order valence-corrected chi connectivity index (χ1v) is 7.83. The van der Waals surface area contributed by atoms with Crippen molar-refractivity contribution in [2.24, 2.45) is 0 Å². The van der Waals surface area contributed by atoms with Crippen molar-refractivity contribution >= 4 is 22.6 Å². The summed E-state index contributed by atoms with van der Waals surface area (Å²) in [5.74, 6) is 0.829. The molecule has 4 heteroatoms. The first kappa shape index (κ1) is 15.3. The van der Waals surface area contributed by atoms with E-state index in [9.17, 15) is 0 Å². The van der Waals surface area contributed by atoms with Gasteiger partial charge in [-0.3, -0.25) is 4.98 Å². The van der Waals surface area contributed by atoms with Gasteiger partial charge in [0, 0.05) is 9.77 Å². The van der Waals surface area contributed by atoms with Gasteiger partial charge in [-0.2, -0.15) is 0 Å². The van der Waals surface area contributed by atoms with Crippen molar-refractivity contribution < 1.29 is 4.74 Å². The number of rotatable bonds is 6. The highest BCUT2D eigenvalue weighted by atomic mass is 127. The summed E-state index contributed by atoms with van der Waals surface area (Å²) in [4.78, 5) is 4.28. The zero-order chi connectivity index (χ0) is 14.4. The van der Waals surface area contributed by atoms with Crippen LogP contribution >= 0.6 is 22.6 Å². The minimum Gasteiger partial charge on any atom is -0.492 e. The fourth-order valence-corrected chi connectivity index (χ4v) is 2.43. The molecule has 1 unspecified atom stereocenters. The Morgan fingerprint density at radius 3 is 2.60 bits per heavy atom. The number of pyridine rings is 1. The topological polar surface area (TPSA) is 34.1 Å². The van der Waals surface area contributed by atoms with Gasteiger partial charge < -0.3 is 10.1 Å². The Kier molecular flexibility index (Phi) is 5.79. The molecule has 1 aromatic carbocycles. The van der Waals surface area contributed by atoms with E-state index in [-0.39, 0.29) is 6.04 Å². The van der Waals surface area contributed by atoms with Crippen LogP contribution in [-0.2, 0) is 0 Å². The second-order valence-electron chi connectivity index (χ2n) is 4.58. The van der Waals surface area contributed by atoms with Crippen LogP contribution in [0, 0.1) is 3.57 Å². The maximum atomic E-state index is 5.65. The smallest absolute Gasteiger partial charge is 0.137 e. The van der Waals surface area contributed by atoms with Crippen LogP contribution < -0.4 is 10.1 Å². The summed E-state index contributed by atoms with van der Waals surface area (Å²) in [5.41, 5.74) is 2.34. The number of ether oxygens (including phenoxy) is 1. The normalized spacial score (nSPS) is 12.2. The van der Waals surface area contributed by atoms with E-state index in [0.29, 0.717) is 0 Å². The molecule has 20 heavy (non-hydrogen) atoms. The van der Waals surface area contributed by atoms with E-state index in [0.717, 1.165) is 24.3 Å². The molecule has 0 fully saturated rings. The Morgan fingerprint density at radius 1 is 1.20 bits per heavy atom. The van der Waals surface area contributed by atoms with Gasteiger partial charge in [0.05, 0.1) is 18.8 Å². The molecule has 0 aliphatic heterocycles. The Balaban J connectivity index is 2.24. The molecule has 1 heterocycles. The number of nitrogens with zero attached hydrogens (tertiary/aromatic N) is 1. The van der Waals surface area contributed by atoms with Gasteiger partial charge in [-0.25, -0.2) is 0 Å². The fourth-order valence-electron chi connectivity index (χ4n) is 2.07. The lowest BCUT2D eigenvalue weighted by Crippen LogP contribution is -2.18. The molecule has 0 bridgehead atoms. The first-order chi connectivity index (χ1) is 9.74. The van der Waals surface area contributed by atoms with Crippen LogP contribution in [0.4, 0.5) is 0 Å². The van der Waals surface area contributed by atoms with Gasteiger partial charge in [-0.1, -0.05) is 19.1 Å². The van der Waals surface area contributed by atoms with Crippen LogP contribution in [0.3, 0.4) is 0 Å². The summed E-state index contributed by atoms with van der Waals surface area (Å²) >= 11 is 2.31. The molecule has 0 saturated heterocycles. The average molecular weight is 382 g/mol. The molecule has 2 aromatic rings. The highest BCUT2D eigenvalue weighted by molar-refractivity contribution is 14.1. The zero-order valence-electron chi connectivity index (χ0n) is 11.8. The van der Waals surface area contributed by atoms with Gasteiger partial charge >= 0.3 is 0 Å². The monoisotopic (exact) mass is 382 g/mol. The Labute approximate surface area is 133 Å². The summed E-state index contributed by atoms with van der Waals surface area (Å²) in [6.07, 6.45) is 4.65. The minimum absolute atomic E-state index is 0.129. The molecule has 3 nitrogen and oxygen atoms in total. The lowest BCUT2D eigenvalue weighted by atomic mass is 10.0. The lowest BCUT2D eigenvalue weighted by Gasteiger charge is -2.17. The number of hydrogen-bond donors (Lipinski definition) is 1. The standard InChI is InChI=1S/C16H19IN2O/c1-3-8-20-15-9-13(10-19-11-15)16(18-2)12-4-6-14(17)7-5-12/h4-7,9-11,16,18H,3,8H2,1-2H3. The molecule has 0 amide bonds. The van der Waals surface area contributed by atoms with Crippen LogP contribution in [0.2, 0.25) is 0 Å². The summed E-state index contributed by atoms with van der Waals surface area (Å²) < 4.78 is 6.89. The van der Waals surface area contributed by atoms with Crippen molar-refractivity contribution in [1.82, 2.24) is 10.3 Å². The van der Waals surface area contributed by atoms with E-state index in [1.54, 1.807) is 6.20 Å². The molecule has 0 radical (unpaired) electrons. The van der Waals surface area contributed by atoms with Crippen LogP contribution in [0.5, 0.6) is 5.75 Å². The molecule has 0 aliphatic carbocycles. The predicted octanol–water partition coefficient (Wildman–Crippen LogP) is 3.78. The number of hydrogen-bond acceptors (Lipinski definition) is 3. The molecule has 106 valence electrons. The third-order valence-corrected chi connectivity index (χ3v) is 3.75. The van der Waals surface area contributed by atoms with Crippen molar-refractivity contribution in [3.63, 3.8) is 0 Å². The van der Waals surface area contributed by atoms with E-state index in [1.165, 1.54) is 9.13 Å². The van der Waals surface area contributed by atoms with Crippen molar-refractivity contribution in [3.05, 3.63) is 57.4 Å². The van der Waals surface area contributed by atoms with Gasteiger partial charge in [0.1, 0.15) is 5.75 Å². The Morgan fingerprint density at radius 2 is 1.95 bits per heavy atom. The Hall–Kier alpha value is -1.14. The van der Waals surface area contributed by atoms with Crippen LogP contribution in [-0.4, -0.2) is 18.6 Å². The van der Waals surface area contributed by atoms with E-state index in [2.05, 4.69) is 70.1 Å². The van der Waals surface area contributed by atoms with Crippen LogP contribution in [0.25, 0.3) is 0 Å². The minimum atomic E-state index is 0.129. The number of halogens is 1. The second-order valence-corrected chi connectivity index (χ2v) is 5.82. The van der Waals surface area contributed by atoms with Crippen LogP contribution in [0.1, 0.15) is 30.5 Å². The molecule has 0 saturated carbocycles. The predicted molar refractivity (Wildman–Crippen MR) is 90.1 cm³/mol. The maximum Gasteiger partial charge on any atom is 0.137 e. The van der Waals surface area contributed by atoms with Gasteiger partial charge in [0.2, 0.25) is 0 Å². The summed E-state index contributed by atoms with van der Waals surface area (Å²) in [7, 11) is 1.96. The van der Waals surface area contributed by atoms with Gasteiger partial charge in [-0.05, 0) is 65.4 Å². The summed E-state index contributed by atoms with van der Waals surface area (Å²) in [5, 5.41) is 3.34. The highest BCUT2D eigenvalue weighted by Crippen LogP contribution is 2.24. The highest BCUT2D eigenvalue weighted by Gasteiger charge is 2.13. The van der Waals surface area contributed by atoms with E-state index < -0.39 is 0 Å². The molecular weight excluding hydrogens is 363 g/mol. The quantitative estimate of drug-likeness (QED) is 0.773. The second kappa shape index (κ2) is 7.59. The first-order valence-electron chi connectivity index (χ1n) is 6.75. The van der Waals surface area contributed by atoms with Crippen LogP contribution in [0.15, 0.2) is 42.7 Å². The average Bonchev–Trinajstić information content (AvgIpc) is 2.48. The summed E-state index contributed by atoms with van der Waals surface area (Å²) in [6.45, 7) is 2.82. The van der Waals surface area contributed by atoms with Gasteiger partial charge in [0.25, 0.3) is 0 Å². The molecule has 1 atom stereocenters. The number of aromatic nitrogens is 1. The van der Waals surface area contributed by atoms with Crippen molar-refractivity contribution in [1.29, 1.82) is 0 Å².